The second-order valence-corrected chi connectivity index (χ2v) is 6.21. The number of hydrogen-bond donors (Lipinski definition) is 2. The molecule has 142 valence electrons. The number of carboxylic acid groups (broad SMARTS) is 1. The van der Waals surface area contributed by atoms with Gasteiger partial charge in [-0.15, -0.1) is 0 Å². The number of hydrogen-bond acceptors (Lipinski definition) is 4. The number of carbonyl (C=O) groups excluding carboxylic acids is 1. The predicted octanol–water partition coefficient (Wildman–Crippen LogP) is 2.71. The van der Waals surface area contributed by atoms with Gasteiger partial charge in [0, 0.05) is 26.3 Å². The van der Waals surface area contributed by atoms with Crippen molar-refractivity contribution in [3.8, 4) is 6.07 Å². The van der Waals surface area contributed by atoms with E-state index in [0.717, 1.165) is 11.0 Å². The number of amides is 2. The van der Waals surface area contributed by atoms with Crippen LogP contribution in [0.3, 0.4) is 0 Å². The molecule has 0 spiro atoms. The van der Waals surface area contributed by atoms with Crippen molar-refractivity contribution in [3.63, 3.8) is 0 Å². The summed E-state index contributed by atoms with van der Waals surface area (Å²) < 4.78 is 14.2. The minimum Gasteiger partial charge on any atom is -0.465 e. The monoisotopic (exact) mass is 373 g/mol. The lowest BCUT2D eigenvalue weighted by Crippen LogP contribution is -2.33. The molecule has 1 aromatic carbocycles. The topological polar surface area (TPSA) is 109 Å². The molecule has 1 fully saturated rings. The Kier molecular flexibility index (Phi) is 6.49. The minimum absolute atomic E-state index is 0.225. The molecule has 0 aromatic heterocycles. The van der Waals surface area contributed by atoms with Crippen LogP contribution in [0, 0.1) is 11.3 Å². The summed E-state index contributed by atoms with van der Waals surface area (Å²) >= 11 is 0. The van der Waals surface area contributed by atoms with Gasteiger partial charge in [-0.25, -0.2) is 14.2 Å². The number of halogens is 1. The Balaban J connectivity index is 2.12. The summed E-state index contributed by atoms with van der Waals surface area (Å²) in [6, 6.07) is 5.76. The summed E-state index contributed by atoms with van der Waals surface area (Å²) in [5.74, 6) is -2.07. The highest BCUT2D eigenvalue weighted by molar-refractivity contribution is 6.02. The zero-order chi connectivity index (χ0) is 20.0. The summed E-state index contributed by atoms with van der Waals surface area (Å²) in [6.07, 6.45) is 2.48. The van der Waals surface area contributed by atoms with Gasteiger partial charge < -0.3 is 20.2 Å². The predicted molar refractivity (Wildman–Crippen MR) is 98.6 cm³/mol. The van der Waals surface area contributed by atoms with Crippen LogP contribution in [0.1, 0.15) is 18.4 Å². The zero-order valence-electron chi connectivity index (χ0n) is 15.0. The molecule has 1 saturated heterocycles. The van der Waals surface area contributed by atoms with Gasteiger partial charge in [-0.1, -0.05) is 0 Å². The molecule has 2 amide bonds. The van der Waals surface area contributed by atoms with Crippen LogP contribution >= 0.6 is 0 Å². The smallest absolute Gasteiger partial charge is 0.407 e. The molecule has 1 aliphatic heterocycles. The summed E-state index contributed by atoms with van der Waals surface area (Å²) in [4.78, 5) is 30.1. The van der Waals surface area contributed by atoms with Gasteiger partial charge in [-0.05, 0) is 37.1 Å². The van der Waals surface area contributed by atoms with Gasteiger partial charge in [0.25, 0.3) is 5.91 Å². The van der Waals surface area contributed by atoms with Crippen molar-refractivity contribution in [2.45, 2.75) is 18.9 Å². The van der Waals surface area contributed by atoms with Gasteiger partial charge in [0.15, 0.2) is 5.83 Å². The van der Waals surface area contributed by atoms with E-state index >= 15 is 0 Å². The first-order chi connectivity index (χ1) is 12.8. The normalized spacial score (nSPS) is 17.0. The van der Waals surface area contributed by atoms with E-state index in [-0.39, 0.29) is 11.3 Å². The minimum atomic E-state index is -1.14. The van der Waals surface area contributed by atoms with Crippen LogP contribution in [-0.4, -0.2) is 59.9 Å². The molecule has 0 radical (unpaired) electrons. The van der Waals surface area contributed by atoms with Crippen LogP contribution in [0.25, 0.3) is 0 Å². The first kappa shape index (κ1) is 19.9. The van der Waals surface area contributed by atoms with Crippen molar-refractivity contribution in [2.75, 3.05) is 26.0 Å². The molecule has 1 aliphatic rings. The van der Waals surface area contributed by atoms with E-state index in [1.165, 1.54) is 18.5 Å². The molecule has 1 heterocycles. The fourth-order valence-corrected chi connectivity index (χ4v) is 2.63. The Labute approximate surface area is 156 Å². The lowest BCUT2D eigenvalue weighted by Gasteiger charge is -2.18. The number of nitrogens with zero attached hydrogens (tertiary/aromatic N) is 4. The largest absolute Gasteiger partial charge is 0.465 e. The fourth-order valence-electron chi connectivity index (χ4n) is 2.63. The SMILES string of the molecule is CN(C)/C=N/c1ccc(NC(=O)/C(F)=C/[C@H]2CCCN2C(=O)O)cc1C#N. The first-order valence-electron chi connectivity index (χ1n) is 8.25. The van der Waals surface area contributed by atoms with Crippen molar-refractivity contribution in [1.82, 2.24) is 9.80 Å². The van der Waals surface area contributed by atoms with Crippen LogP contribution in [0.4, 0.5) is 20.6 Å². The summed E-state index contributed by atoms with van der Waals surface area (Å²) in [6.45, 7) is 0.311. The van der Waals surface area contributed by atoms with E-state index in [9.17, 15) is 19.2 Å². The molecule has 0 saturated carbocycles. The maximum absolute atomic E-state index is 14.2. The lowest BCUT2D eigenvalue weighted by atomic mass is 10.1. The number of anilines is 1. The molecule has 8 nitrogen and oxygen atoms in total. The standard InChI is InChI=1S/C18H20FN5O3/c1-23(2)11-21-16-6-5-13(8-12(16)10-20)22-17(25)15(19)9-14-4-3-7-24(14)18(26)27/h5-6,8-9,11,14H,3-4,7H2,1-2H3,(H,22,25)(H,26,27)/b15-9-,21-11+/t14-/m1/s1. The summed E-state index contributed by atoms with van der Waals surface area (Å²) in [5, 5.41) is 20.7. The van der Waals surface area contributed by atoms with Gasteiger partial charge in [0.05, 0.1) is 23.6 Å². The van der Waals surface area contributed by atoms with Crippen molar-refractivity contribution >= 4 is 29.7 Å². The van der Waals surface area contributed by atoms with E-state index in [0.29, 0.717) is 25.1 Å². The Hall–Kier alpha value is -3.41. The molecular formula is C18H20FN5O3. The van der Waals surface area contributed by atoms with E-state index in [1.807, 2.05) is 6.07 Å². The Bertz CT molecular complexity index is 829. The molecule has 0 bridgehead atoms. The molecule has 1 atom stereocenters. The fraction of sp³-hybridized carbons (Fsp3) is 0.333. The van der Waals surface area contributed by atoms with E-state index in [1.54, 1.807) is 25.1 Å². The molecule has 1 aromatic rings. The van der Waals surface area contributed by atoms with Crippen LogP contribution in [0.5, 0.6) is 0 Å². The highest BCUT2D eigenvalue weighted by Gasteiger charge is 2.28. The second kappa shape index (κ2) is 8.80. The van der Waals surface area contributed by atoms with Gasteiger partial charge in [-0.3, -0.25) is 4.79 Å². The third-order valence-corrected chi connectivity index (χ3v) is 3.90. The Morgan fingerprint density at radius 2 is 2.22 bits per heavy atom. The van der Waals surface area contributed by atoms with Gasteiger partial charge in [0.1, 0.15) is 6.07 Å². The maximum atomic E-state index is 14.2. The first-order valence-corrected chi connectivity index (χ1v) is 8.25. The molecule has 2 rings (SSSR count). The third-order valence-electron chi connectivity index (χ3n) is 3.90. The van der Waals surface area contributed by atoms with E-state index in [4.69, 9.17) is 5.11 Å². The average molecular weight is 373 g/mol. The van der Waals surface area contributed by atoms with Crippen molar-refractivity contribution < 1.29 is 19.1 Å². The van der Waals surface area contributed by atoms with Crippen molar-refractivity contribution in [1.29, 1.82) is 5.26 Å². The van der Waals surface area contributed by atoms with Crippen LogP contribution in [0.2, 0.25) is 0 Å². The quantitative estimate of drug-likeness (QED) is 0.469. The number of likely N-dealkylation sites (tertiary alicyclic amines) is 1. The molecule has 0 aliphatic carbocycles. The number of rotatable bonds is 5. The van der Waals surface area contributed by atoms with Crippen LogP contribution < -0.4 is 5.32 Å². The Morgan fingerprint density at radius 1 is 1.48 bits per heavy atom. The van der Waals surface area contributed by atoms with Gasteiger partial charge in [0.2, 0.25) is 0 Å². The number of nitrogens with one attached hydrogen (secondary N) is 1. The zero-order valence-corrected chi connectivity index (χ0v) is 15.0. The summed E-state index contributed by atoms with van der Waals surface area (Å²) in [5.41, 5.74) is 0.886. The van der Waals surface area contributed by atoms with E-state index in [2.05, 4.69) is 10.3 Å². The number of carbonyl (C=O) groups is 2. The van der Waals surface area contributed by atoms with E-state index < -0.39 is 23.9 Å². The van der Waals surface area contributed by atoms with Crippen LogP contribution in [-0.2, 0) is 4.79 Å². The molecule has 27 heavy (non-hydrogen) atoms. The molecule has 2 N–H and O–H groups in total. The number of benzene rings is 1. The van der Waals surface area contributed by atoms with Crippen molar-refractivity contribution in [3.05, 3.63) is 35.7 Å². The number of nitriles is 1. The maximum Gasteiger partial charge on any atom is 0.407 e. The highest BCUT2D eigenvalue weighted by atomic mass is 19.1. The lowest BCUT2D eigenvalue weighted by molar-refractivity contribution is -0.114. The summed E-state index contributed by atoms with van der Waals surface area (Å²) in [7, 11) is 3.57. The molecular weight excluding hydrogens is 353 g/mol. The highest BCUT2D eigenvalue weighted by Crippen LogP contribution is 2.24. The van der Waals surface area contributed by atoms with Crippen LogP contribution in [0.15, 0.2) is 35.1 Å². The van der Waals surface area contributed by atoms with Crippen molar-refractivity contribution in [2.24, 2.45) is 4.99 Å². The average Bonchev–Trinajstić information content (AvgIpc) is 3.08. The van der Waals surface area contributed by atoms with Gasteiger partial charge in [-0.2, -0.15) is 5.26 Å². The molecule has 0 unspecified atom stereocenters. The Morgan fingerprint density at radius 3 is 2.85 bits per heavy atom. The second-order valence-electron chi connectivity index (χ2n) is 6.21. The number of aliphatic imine (C=N–C) groups is 1. The van der Waals surface area contributed by atoms with Gasteiger partial charge >= 0.3 is 6.09 Å². The molecule has 9 heteroatoms. The third kappa shape index (κ3) is 5.28.